The van der Waals surface area contributed by atoms with Gasteiger partial charge in [-0.05, 0) is 31.4 Å². The molecule has 0 bridgehead atoms. The van der Waals surface area contributed by atoms with Crippen LogP contribution < -0.4 is 0 Å². The van der Waals surface area contributed by atoms with E-state index in [0.717, 1.165) is 19.3 Å². The van der Waals surface area contributed by atoms with Crippen LogP contribution in [0.15, 0.2) is 30.3 Å². The number of hydrogen-bond donors (Lipinski definition) is 0. The van der Waals surface area contributed by atoms with Crippen LogP contribution in [0, 0.1) is 0 Å². The summed E-state index contributed by atoms with van der Waals surface area (Å²) >= 11 is 3.66. The molecular formula is C15H19BrO2. The van der Waals surface area contributed by atoms with Gasteiger partial charge in [0, 0.05) is 0 Å². The summed E-state index contributed by atoms with van der Waals surface area (Å²) in [5.41, 5.74) is 0.638. The zero-order valence-corrected chi connectivity index (χ0v) is 12.1. The molecule has 1 aliphatic rings. The van der Waals surface area contributed by atoms with Crippen molar-refractivity contribution in [3.8, 4) is 0 Å². The third kappa shape index (κ3) is 3.84. The van der Waals surface area contributed by atoms with E-state index in [9.17, 15) is 4.79 Å². The molecule has 2 nitrogen and oxygen atoms in total. The molecule has 2 rings (SSSR count). The third-order valence-electron chi connectivity index (χ3n) is 3.39. The lowest BCUT2D eigenvalue weighted by Crippen LogP contribution is -2.28. The normalized spacial score (nSPS) is 24.9. The fourth-order valence-electron chi connectivity index (χ4n) is 2.32. The van der Waals surface area contributed by atoms with Crippen molar-refractivity contribution in [1.82, 2.24) is 0 Å². The minimum Gasteiger partial charge on any atom is -0.458 e. The van der Waals surface area contributed by atoms with E-state index in [2.05, 4.69) is 15.9 Å². The summed E-state index contributed by atoms with van der Waals surface area (Å²) in [5, 5.41) is 0. The summed E-state index contributed by atoms with van der Waals surface area (Å²) in [7, 11) is 0. The third-order valence-corrected chi connectivity index (χ3v) is 4.44. The molecule has 18 heavy (non-hydrogen) atoms. The molecule has 0 aliphatic heterocycles. The fraction of sp³-hybridized carbons (Fsp3) is 0.533. The summed E-state index contributed by atoms with van der Waals surface area (Å²) in [6.07, 6.45) is 6.98. The average molecular weight is 311 g/mol. The van der Waals surface area contributed by atoms with Crippen LogP contribution in [0.25, 0.3) is 0 Å². The van der Waals surface area contributed by atoms with Crippen LogP contribution in [0.3, 0.4) is 0 Å². The molecule has 0 unspecified atom stereocenters. The minimum absolute atomic E-state index is 0.0120. The van der Waals surface area contributed by atoms with Crippen molar-refractivity contribution in [3.63, 3.8) is 0 Å². The topological polar surface area (TPSA) is 26.3 Å². The highest BCUT2D eigenvalue weighted by molar-refractivity contribution is 9.09. The molecule has 1 aromatic rings. The van der Waals surface area contributed by atoms with Gasteiger partial charge in [0.1, 0.15) is 6.10 Å². The van der Waals surface area contributed by atoms with Gasteiger partial charge in [0.25, 0.3) is 0 Å². The SMILES string of the molecule is O=C(O[C@@H]1CCCCCC[C@H]1Br)c1ccccc1. The van der Waals surface area contributed by atoms with E-state index in [4.69, 9.17) is 4.74 Å². The van der Waals surface area contributed by atoms with E-state index in [1.165, 1.54) is 19.3 Å². The van der Waals surface area contributed by atoms with Crippen molar-refractivity contribution in [2.24, 2.45) is 0 Å². The molecule has 1 fully saturated rings. The van der Waals surface area contributed by atoms with Crippen molar-refractivity contribution in [1.29, 1.82) is 0 Å². The van der Waals surface area contributed by atoms with Crippen molar-refractivity contribution in [2.75, 3.05) is 0 Å². The van der Waals surface area contributed by atoms with Crippen LogP contribution >= 0.6 is 15.9 Å². The zero-order valence-electron chi connectivity index (χ0n) is 10.5. The molecule has 1 aromatic carbocycles. The van der Waals surface area contributed by atoms with Crippen LogP contribution in [0.5, 0.6) is 0 Å². The molecule has 0 saturated heterocycles. The number of alkyl halides is 1. The quantitative estimate of drug-likeness (QED) is 0.600. The van der Waals surface area contributed by atoms with E-state index in [-0.39, 0.29) is 12.1 Å². The lowest BCUT2D eigenvalue weighted by atomic mass is 9.98. The van der Waals surface area contributed by atoms with Gasteiger partial charge in [-0.2, -0.15) is 0 Å². The van der Waals surface area contributed by atoms with Crippen LogP contribution in [-0.4, -0.2) is 16.9 Å². The highest BCUT2D eigenvalue weighted by atomic mass is 79.9. The first-order valence-electron chi connectivity index (χ1n) is 6.67. The summed E-state index contributed by atoms with van der Waals surface area (Å²) in [4.78, 5) is 12.3. The Morgan fingerprint density at radius 3 is 2.44 bits per heavy atom. The van der Waals surface area contributed by atoms with E-state index < -0.39 is 0 Å². The lowest BCUT2D eigenvalue weighted by molar-refractivity contribution is 0.0260. The Labute approximate surface area is 117 Å². The molecule has 1 saturated carbocycles. The summed E-state index contributed by atoms with van der Waals surface area (Å²) in [6.45, 7) is 0. The van der Waals surface area contributed by atoms with Crippen molar-refractivity contribution in [3.05, 3.63) is 35.9 Å². The number of carbonyl (C=O) groups excluding carboxylic acids is 1. The van der Waals surface area contributed by atoms with Gasteiger partial charge in [-0.25, -0.2) is 4.79 Å². The standard InChI is InChI=1S/C15H19BrO2/c16-13-10-6-1-2-7-11-14(13)18-15(17)12-8-4-3-5-9-12/h3-5,8-9,13-14H,1-2,6-7,10-11H2/t13-,14-/m1/s1. The Morgan fingerprint density at radius 2 is 1.72 bits per heavy atom. The second-order valence-corrected chi connectivity index (χ2v) is 5.99. The first kappa shape index (κ1) is 13.6. The molecule has 98 valence electrons. The maximum Gasteiger partial charge on any atom is 0.338 e. The van der Waals surface area contributed by atoms with Crippen molar-refractivity contribution in [2.45, 2.75) is 49.5 Å². The average Bonchev–Trinajstić information content (AvgIpc) is 2.39. The van der Waals surface area contributed by atoms with E-state index in [1.807, 2.05) is 18.2 Å². The van der Waals surface area contributed by atoms with E-state index in [1.54, 1.807) is 12.1 Å². The summed E-state index contributed by atoms with van der Waals surface area (Å²) in [5.74, 6) is -0.203. The van der Waals surface area contributed by atoms with Gasteiger partial charge >= 0.3 is 5.97 Å². The first-order valence-corrected chi connectivity index (χ1v) is 7.59. The minimum atomic E-state index is -0.203. The molecule has 0 aromatic heterocycles. The second kappa shape index (κ2) is 6.93. The Balaban J connectivity index is 1.96. The summed E-state index contributed by atoms with van der Waals surface area (Å²) < 4.78 is 5.64. The number of benzene rings is 1. The number of halogens is 1. The molecule has 0 heterocycles. The Kier molecular flexibility index (Phi) is 5.24. The molecule has 1 aliphatic carbocycles. The van der Waals surface area contributed by atoms with Gasteiger partial charge in [-0.15, -0.1) is 0 Å². The number of hydrogen-bond acceptors (Lipinski definition) is 2. The van der Waals surface area contributed by atoms with Crippen molar-refractivity contribution >= 4 is 21.9 Å². The van der Waals surface area contributed by atoms with Gasteiger partial charge in [-0.1, -0.05) is 53.4 Å². The molecule has 0 N–H and O–H groups in total. The predicted molar refractivity (Wildman–Crippen MR) is 76.1 cm³/mol. The monoisotopic (exact) mass is 310 g/mol. The fourth-order valence-corrected chi connectivity index (χ4v) is 3.01. The molecule has 0 radical (unpaired) electrons. The number of esters is 1. The smallest absolute Gasteiger partial charge is 0.338 e. The van der Waals surface area contributed by atoms with Gasteiger partial charge in [-0.3, -0.25) is 0 Å². The highest BCUT2D eigenvalue weighted by Crippen LogP contribution is 2.26. The maximum atomic E-state index is 12.0. The largest absolute Gasteiger partial charge is 0.458 e. The number of rotatable bonds is 2. The number of ether oxygens (including phenoxy) is 1. The Hall–Kier alpha value is -0.830. The van der Waals surface area contributed by atoms with Gasteiger partial charge in [0.05, 0.1) is 10.4 Å². The molecule has 2 atom stereocenters. The predicted octanol–water partition coefficient (Wildman–Crippen LogP) is 4.33. The highest BCUT2D eigenvalue weighted by Gasteiger charge is 2.24. The number of carbonyl (C=O) groups is 1. The maximum absolute atomic E-state index is 12.0. The Morgan fingerprint density at radius 1 is 1.06 bits per heavy atom. The van der Waals surface area contributed by atoms with Crippen LogP contribution in [0.4, 0.5) is 0 Å². The van der Waals surface area contributed by atoms with Crippen LogP contribution in [-0.2, 0) is 4.74 Å². The van der Waals surface area contributed by atoms with Crippen molar-refractivity contribution < 1.29 is 9.53 Å². The second-order valence-electron chi connectivity index (χ2n) is 4.82. The molecule has 0 amide bonds. The van der Waals surface area contributed by atoms with E-state index >= 15 is 0 Å². The lowest BCUT2D eigenvalue weighted by Gasteiger charge is -2.25. The molecular weight excluding hydrogens is 292 g/mol. The summed E-state index contributed by atoms with van der Waals surface area (Å²) in [6, 6.07) is 9.23. The van der Waals surface area contributed by atoms with Gasteiger partial charge in [0.2, 0.25) is 0 Å². The molecule has 3 heteroatoms. The van der Waals surface area contributed by atoms with Crippen LogP contribution in [0.1, 0.15) is 48.9 Å². The molecule has 0 spiro atoms. The Bertz CT molecular complexity index is 377. The van der Waals surface area contributed by atoms with Gasteiger partial charge < -0.3 is 4.74 Å². The zero-order chi connectivity index (χ0) is 12.8. The first-order chi connectivity index (χ1) is 8.77. The van der Waals surface area contributed by atoms with Crippen LogP contribution in [0.2, 0.25) is 0 Å². The van der Waals surface area contributed by atoms with E-state index in [0.29, 0.717) is 10.4 Å². The van der Waals surface area contributed by atoms with Gasteiger partial charge in [0.15, 0.2) is 0 Å².